The Labute approximate surface area is 138 Å². The number of carbonyl (C=O) groups is 1. The minimum absolute atomic E-state index is 0.00350. The minimum Gasteiger partial charge on any atom is -0.444 e. The van der Waals surface area contributed by atoms with E-state index in [0.29, 0.717) is 22.8 Å². The molecule has 1 fully saturated rings. The van der Waals surface area contributed by atoms with Gasteiger partial charge in [-0.05, 0) is 49.5 Å². The smallest absolute Gasteiger partial charge is 0.407 e. The zero-order valence-corrected chi connectivity index (χ0v) is 14.7. The molecule has 0 aromatic carbocycles. The van der Waals surface area contributed by atoms with Gasteiger partial charge in [0.1, 0.15) is 10.2 Å². The van der Waals surface area contributed by atoms with Gasteiger partial charge < -0.3 is 20.7 Å². The summed E-state index contributed by atoms with van der Waals surface area (Å²) in [5.41, 5.74) is 5.40. The van der Waals surface area contributed by atoms with E-state index in [1.54, 1.807) is 6.20 Å². The molecule has 0 aliphatic carbocycles. The topological polar surface area (TPSA) is 93.4 Å². The first-order valence-electron chi connectivity index (χ1n) is 7.27. The van der Waals surface area contributed by atoms with Gasteiger partial charge in [-0.3, -0.25) is 0 Å². The van der Waals surface area contributed by atoms with Gasteiger partial charge in [-0.15, -0.1) is 0 Å². The minimum atomic E-state index is -0.501. The maximum atomic E-state index is 11.9. The Balaban J connectivity index is 2.00. The molecule has 0 saturated carbocycles. The van der Waals surface area contributed by atoms with Crippen molar-refractivity contribution in [3.63, 3.8) is 0 Å². The van der Waals surface area contributed by atoms with Crippen molar-refractivity contribution in [2.45, 2.75) is 45.3 Å². The van der Waals surface area contributed by atoms with Crippen molar-refractivity contribution in [1.29, 1.82) is 0 Å². The number of halogens is 1. The number of hydrogen-bond donors (Lipinski definition) is 2. The molecule has 122 valence electrons. The van der Waals surface area contributed by atoms with Gasteiger partial charge in [-0.25, -0.2) is 14.8 Å². The van der Waals surface area contributed by atoms with Crippen molar-refractivity contribution >= 4 is 33.7 Å². The summed E-state index contributed by atoms with van der Waals surface area (Å²) in [6.07, 6.45) is 3.01. The molecule has 8 heteroatoms. The standard InChI is InChI=1S/C14H22BrN5O2/c1-14(2,3)22-13(21)18-9-5-4-6-20(8-9)12-11(16)17-7-10(15)19-12/h7,9H,4-6,8H2,1-3H3,(H2,16,17)(H,18,21). The summed E-state index contributed by atoms with van der Waals surface area (Å²) in [5, 5.41) is 2.91. The highest BCUT2D eigenvalue weighted by atomic mass is 79.9. The molecule has 2 heterocycles. The molecule has 1 aliphatic rings. The summed E-state index contributed by atoms with van der Waals surface area (Å²) in [4.78, 5) is 22.4. The summed E-state index contributed by atoms with van der Waals surface area (Å²) in [5.74, 6) is 1.03. The number of hydrogen-bond acceptors (Lipinski definition) is 6. The molecule has 1 amide bonds. The number of rotatable bonds is 2. The predicted octanol–water partition coefficient (Wildman–Crippen LogP) is 2.31. The van der Waals surface area contributed by atoms with Gasteiger partial charge in [0.05, 0.1) is 6.20 Å². The molecule has 2 rings (SSSR count). The normalized spacial score (nSPS) is 18.9. The molecule has 22 heavy (non-hydrogen) atoms. The molecule has 0 radical (unpaired) electrons. The highest BCUT2D eigenvalue weighted by Crippen LogP contribution is 2.24. The van der Waals surface area contributed by atoms with Crippen LogP contribution >= 0.6 is 15.9 Å². The number of nitrogen functional groups attached to an aromatic ring is 1. The lowest BCUT2D eigenvalue weighted by Gasteiger charge is -2.34. The Hall–Kier alpha value is -1.57. The Bertz CT molecular complexity index is 547. The quantitative estimate of drug-likeness (QED) is 0.828. The summed E-state index contributed by atoms with van der Waals surface area (Å²) < 4.78 is 5.93. The first-order chi connectivity index (χ1) is 10.2. The molecule has 0 spiro atoms. The van der Waals surface area contributed by atoms with Gasteiger partial charge in [0, 0.05) is 19.1 Å². The predicted molar refractivity (Wildman–Crippen MR) is 88.7 cm³/mol. The van der Waals surface area contributed by atoms with Gasteiger partial charge in [0.25, 0.3) is 0 Å². The second kappa shape index (κ2) is 6.68. The number of nitrogens with two attached hydrogens (primary N) is 1. The summed E-state index contributed by atoms with van der Waals surface area (Å²) >= 11 is 3.31. The molecule has 3 N–H and O–H groups in total. The van der Waals surface area contributed by atoms with Crippen molar-refractivity contribution in [3.8, 4) is 0 Å². The Kier molecular flexibility index (Phi) is 5.10. The third-order valence-electron chi connectivity index (χ3n) is 3.19. The average Bonchev–Trinajstić information content (AvgIpc) is 2.39. The zero-order chi connectivity index (χ0) is 16.3. The molecule has 1 aromatic heterocycles. The molecule has 1 saturated heterocycles. The van der Waals surface area contributed by atoms with Crippen LogP contribution < -0.4 is 16.0 Å². The maximum Gasteiger partial charge on any atom is 0.407 e. The van der Waals surface area contributed by atoms with Crippen molar-refractivity contribution in [2.75, 3.05) is 23.7 Å². The van der Waals surface area contributed by atoms with Crippen LogP contribution in [0, 0.1) is 0 Å². The second-order valence-corrected chi connectivity index (χ2v) is 7.15. The Morgan fingerprint density at radius 1 is 1.55 bits per heavy atom. The van der Waals surface area contributed by atoms with E-state index in [1.165, 1.54) is 0 Å². The Morgan fingerprint density at radius 2 is 2.27 bits per heavy atom. The van der Waals surface area contributed by atoms with E-state index in [1.807, 2.05) is 25.7 Å². The monoisotopic (exact) mass is 371 g/mol. The third kappa shape index (κ3) is 4.72. The summed E-state index contributed by atoms with van der Waals surface area (Å²) in [6, 6.07) is 0.00350. The SMILES string of the molecule is CC(C)(C)OC(=O)NC1CCCN(c2nc(Br)cnc2N)C1. The number of anilines is 2. The van der Waals surface area contributed by atoms with Gasteiger partial charge in [-0.2, -0.15) is 0 Å². The van der Waals surface area contributed by atoms with Crippen molar-refractivity contribution in [3.05, 3.63) is 10.8 Å². The molecule has 0 bridgehead atoms. The number of amides is 1. The van der Waals surface area contributed by atoms with E-state index in [-0.39, 0.29) is 6.04 Å². The van der Waals surface area contributed by atoms with E-state index in [9.17, 15) is 4.79 Å². The van der Waals surface area contributed by atoms with Crippen LogP contribution in [0.3, 0.4) is 0 Å². The molecule has 1 aromatic rings. The van der Waals surface area contributed by atoms with E-state index in [0.717, 1.165) is 19.4 Å². The zero-order valence-electron chi connectivity index (χ0n) is 13.1. The van der Waals surface area contributed by atoms with Crippen LogP contribution in [0.2, 0.25) is 0 Å². The van der Waals surface area contributed by atoms with Crippen molar-refractivity contribution in [1.82, 2.24) is 15.3 Å². The van der Waals surface area contributed by atoms with E-state index in [4.69, 9.17) is 10.5 Å². The molecule has 1 atom stereocenters. The van der Waals surface area contributed by atoms with Gasteiger partial charge >= 0.3 is 6.09 Å². The van der Waals surface area contributed by atoms with Gasteiger partial charge in [0.15, 0.2) is 11.6 Å². The van der Waals surface area contributed by atoms with Crippen LogP contribution in [0.15, 0.2) is 10.8 Å². The number of aromatic nitrogens is 2. The fourth-order valence-electron chi connectivity index (χ4n) is 2.36. The molecular weight excluding hydrogens is 350 g/mol. The van der Waals surface area contributed by atoms with Gasteiger partial charge in [-0.1, -0.05) is 0 Å². The lowest BCUT2D eigenvalue weighted by molar-refractivity contribution is 0.0500. The number of ether oxygens (including phenoxy) is 1. The first-order valence-corrected chi connectivity index (χ1v) is 8.06. The first kappa shape index (κ1) is 16.8. The van der Waals surface area contributed by atoms with E-state index < -0.39 is 11.7 Å². The molecular formula is C14H22BrN5O2. The van der Waals surface area contributed by atoms with Crippen LogP contribution in [0.4, 0.5) is 16.4 Å². The fourth-order valence-corrected chi connectivity index (χ4v) is 2.63. The lowest BCUT2D eigenvalue weighted by Crippen LogP contribution is -2.49. The number of nitrogens with zero attached hydrogens (tertiary/aromatic N) is 3. The van der Waals surface area contributed by atoms with Crippen LogP contribution in [-0.2, 0) is 4.74 Å². The highest BCUT2D eigenvalue weighted by Gasteiger charge is 2.26. The van der Waals surface area contributed by atoms with Crippen LogP contribution in [0.5, 0.6) is 0 Å². The highest BCUT2D eigenvalue weighted by molar-refractivity contribution is 9.10. The van der Waals surface area contributed by atoms with Crippen LogP contribution in [0.1, 0.15) is 33.6 Å². The molecule has 1 aliphatic heterocycles. The Morgan fingerprint density at radius 3 is 2.95 bits per heavy atom. The van der Waals surface area contributed by atoms with Gasteiger partial charge in [0.2, 0.25) is 0 Å². The molecule has 1 unspecified atom stereocenters. The van der Waals surface area contributed by atoms with E-state index >= 15 is 0 Å². The number of nitrogens with one attached hydrogen (secondary N) is 1. The third-order valence-corrected chi connectivity index (χ3v) is 3.58. The average molecular weight is 372 g/mol. The largest absolute Gasteiger partial charge is 0.444 e. The van der Waals surface area contributed by atoms with Crippen molar-refractivity contribution in [2.24, 2.45) is 0 Å². The van der Waals surface area contributed by atoms with E-state index in [2.05, 4.69) is 31.2 Å². The summed E-state index contributed by atoms with van der Waals surface area (Å²) in [7, 11) is 0. The fraction of sp³-hybridized carbons (Fsp3) is 0.643. The lowest BCUT2D eigenvalue weighted by atomic mass is 10.1. The molecule has 7 nitrogen and oxygen atoms in total. The van der Waals surface area contributed by atoms with Crippen LogP contribution in [-0.4, -0.2) is 40.8 Å². The van der Waals surface area contributed by atoms with Crippen LogP contribution in [0.25, 0.3) is 0 Å². The number of piperidine rings is 1. The maximum absolute atomic E-state index is 11.9. The summed E-state index contributed by atoms with van der Waals surface area (Å²) in [6.45, 7) is 7.00. The van der Waals surface area contributed by atoms with Crippen molar-refractivity contribution < 1.29 is 9.53 Å². The number of alkyl carbamates (subject to hydrolysis) is 1. The number of carbonyl (C=O) groups excluding carboxylic acids is 1. The second-order valence-electron chi connectivity index (χ2n) is 6.33.